The maximum atomic E-state index is 10.3. The quantitative estimate of drug-likeness (QED) is 0.939. The summed E-state index contributed by atoms with van der Waals surface area (Å²) in [4.78, 5) is 6.53. The highest BCUT2D eigenvalue weighted by Crippen LogP contribution is 2.25. The standard InChI is InChI=1S/C15H17ClN2O2S/c16-12-3-1-11(2-4-12)13(19)9-18-6-7-20-14(10-18)15-17-5-8-21-15/h1-5,8,13-14,19H,6-7,9-10H2/t13-,14-/m0/s1. The smallest absolute Gasteiger partial charge is 0.123 e. The molecule has 1 N–H and O–H groups in total. The minimum absolute atomic E-state index is 0.0103. The van der Waals surface area contributed by atoms with Gasteiger partial charge in [0, 0.05) is 36.2 Å². The number of benzene rings is 1. The molecule has 0 aliphatic carbocycles. The molecule has 112 valence electrons. The van der Waals surface area contributed by atoms with Gasteiger partial charge in [0.2, 0.25) is 0 Å². The molecule has 21 heavy (non-hydrogen) atoms. The molecular weight excluding hydrogens is 308 g/mol. The van der Waals surface area contributed by atoms with Gasteiger partial charge in [0.05, 0.1) is 12.7 Å². The van der Waals surface area contributed by atoms with Gasteiger partial charge < -0.3 is 9.84 Å². The normalized spacial score (nSPS) is 21.3. The molecule has 0 bridgehead atoms. The first-order chi connectivity index (χ1) is 10.2. The minimum atomic E-state index is -0.516. The molecular formula is C15H17ClN2O2S. The minimum Gasteiger partial charge on any atom is -0.387 e. The van der Waals surface area contributed by atoms with Gasteiger partial charge in [-0.3, -0.25) is 4.90 Å². The van der Waals surface area contributed by atoms with Crippen LogP contribution in [0, 0.1) is 0 Å². The number of ether oxygens (including phenoxy) is 1. The van der Waals surface area contributed by atoms with Crippen molar-refractivity contribution in [1.29, 1.82) is 0 Å². The van der Waals surface area contributed by atoms with E-state index in [9.17, 15) is 5.11 Å². The van der Waals surface area contributed by atoms with Crippen LogP contribution in [-0.4, -0.2) is 41.2 Å². The Morgan fingerprint density at radius 3 is 2.95 bits per heavy atom. The summed E-state index contributed by atoms with van der Waals surface area (Å²) in [6, 6.07) is 7.34. The molecule has 2 aromatic rings. The van der Waals surface area contributed by atoms with E-state index in [-0.39, 0.29) is 6.10 Å². The number of hydrogen-bond donors (Lipinski definition) is 1. The van der Waals surface area contributed by atoms with Crippen molar-refractivity contribution in [3.63, 3.8) is 0 Å². The fourth-order valence-electron chi connectivity index (χ4n) is 2.45. The number of aromatic nitrogens is 1. The monoisotopic (exact) mass is 324 g/mol. The number of rotatable bonds is 4. The molecule has 1 fully saturated rings. The Kier molecular flexibility index (Phi) is 4.87. The van der Waals surface area contributed by atoms with Crippen molar-refractivity contribution in [3.8, 4) is 0 Å². The van der Waals surface area contributed by atoms with Gasteiger partial charge in [-0.2, -0.15) is 0 Å². The van der Waals surface area contributed by atoms with Gasteiger partial charge in [-0.1, -0.05) is 23.7 Å². The Morgan fingerprint density at radius 2 is 2.24 bits per heavy atom. The highest BCUT2D eigenvalue weighted by molar-refractivity contribution is 7.09. The van der Waals surface area contributed by atoms with E-state index < -0.39 is 6.10 Å². The predicted molar refractivity (Wildman–Crippen MR) is 83.7 cm³/mol. The summed E-state index contributed by atoms with van der Waals surface area (Å²) in [6.07, 6.45) is 1.29. The van der Waals surface area contributed by atoms with Gasteiger partial charge in [0.15, 0.2) is 0 Å². The number of aliphatic hydroxyl groups is 1. The van der Waals surface area contributed by atoms with E-state index in [0.29, 0.717) is 18.2 Å². The Morgan fingerprint density at radius 1 is 1.43 bits per heavy atom. The molecule has 4 nitrogen and oxygen atoms in total. The van der Waals surface area contributed by atoms with Crippen LogP contribution in [0.3, 0.4) is 0 Å². The highest BCUT2D eigenvalue weighted by Gasteiger charge is 2.25. The van der Waals surface area contributed by atoms with Crippen LogP contribution >= 0.6 is 22.9 Å². The predicted octanol–water partition coefficient (Wildman–Crippen LogP) is 2.90. The Balaban J connectivity index is 1.60. The number of hydrogen-bond acceptors (Lipinski definition) is 5. The van der Waals surface area contributed by atoms with Crippen LogP contribution in [-0.2, 0) is 4.74 Å². The van der Waals surface area contributed by atoms with E-state index in [2.05, 4.69) is 9.88 Å². The maximum Gasteiger partial charge on any atom is 0.123 e. The largest absolute Gasteiger partial charge is 0.387 e. The topological polar surface area (TPSA) is 45.6 Å². The van der Waals surface area contributed by atoms with Gasteiger partial charge in [-0.05, 0) is 17.7 Å². The third-order valence-corrected chi connectivity index (χ3v) is 4.68. The zero-order valence-corrected chi connectivity index (χ0v) is 13.1. The van der Waals surface area contributed by atoms with Crippen molar-refractivity contribution in [3.05, 3.63) is 51.4 Å². The van der Waals surface area contributed by atoms with Crippen molar-refractivity contribution in [1.82, 2.24) is 9.88 Å². The van der Waals surface area contributed by atoms with Crippen molar-refractivity contribution in [2.75, 3.05) is 26.2 Å². The molecule has 1 aromatic carbocycles. The maximum absolute atomic E-state index is 10.3. The molecule has 0 spiro atoms. The average Bonchev–Trinajstić information content (AvgIpc) is 3.02. The van der Waals surface area contributed by atoms with Crippen LogP contribution in [0.4, 0.5) is 0 Å². The average molecular weight is 325 g/mol. The fraction of sp³-hybridized carbons (Fsp3) is 0.400. The van der Waals surface area contributed by atoms with Crippen LogP contribution < -0.4 is 0 Å². The van der Waals surface area contributed by atoms with Crippen molar-refractivity contribution >= 4 is 22.9 Å². The van der Waals surface area contributed by atoms with Crippen molar-refractivity contribution < 1.29 is 9.84 Å². The number of aliphatic hydroxyl groups excluding tert-OH is 1. The Hall–Kier alpha value is -0.980. The van der Waals surface area contributed by atoms with Crippen molar-refractivity contribution in [2.24, 2.45) is 0 Å². The Labute approximate surface area is 133 Å². The lowest BCUT2D eigenvalue weighted by atomic mass is 10.1. The first-order valence-electron chi connectivity index (χ1n) is 6.89. The van der Waals surface area contributed by atoms with Gasteiger partial charge in [0.25, 0.3) is 0 Å². The fourth-order valence-corrected chi connectivity index (χ4v) is 3.25. The van der Waals surface area contributed by atoms with E-state index in [0.717, 1.165) is 23.7 Å². The number of thiazole rings is 1. The lowest BCUT2D eigenvalue weighted by Gasteiger charge is -2.33. The molecule has 1 aliphatic heterocycles. The zero-order chi connectivity index (χ0) is 14.7. The van der Waals surface area contributed by atoms with Crippen molar-refractivity contribution in [2.45, 2.75) is 12.2 Å². The van der Waals surface area contributed by atoms with Crippen LogP contribution in [0.1, 0.15) is 22.8 Å². The molecule has 2 atom stereocenters. The molecule has 0 saturated carbocycles. The zero-order valence-electron chi connectivity index (χ0n) is 11.5. The molecule has 6 heteroatoms. The third kappa shape index (κ3) is 3.81. The number of morpholine rings is 1. The lowest BCUT2D eigenvalue weighted by molar-refractivity contribution is -0.0424. The second-order valence-corrected chi connectivity index (χ2v) is 6.42. The SMILES string of the molecule is O[C@@H](CN1CCO[C@H](c2nccs2)C1)c1ccc(Cl)cc1. The van der Waals surface area contributed by atoms with Crippen LogP contribution in [0.15, 0.2) is 35.8 Å². The summed E-state index contributed by atoms with van der Waals surface area (Å²) in [5.74, 6) is 0. The summed E-state index contributed by atoms with van der Waals surface area (Å²) in [5.41, 5.74) is 0.886. The van der Waals surface area contributed by atoms with E-state index >= 15 is 0 Å². The van der Waals surface area contributed by atoms with E-state index in [1.807, 2.05) is 17.5 Å². The van der Waals surface area contributed by atoms with Crippen LogP contribution in [0.2, 0.25) is 5.02 Å². The summed E-state index contributed by atoms with van der Waals surface area (Å²) in [6.45, 7) is 2.84. The molecule has 1 aromatic heterocycles. The summed E-state index contributed by atoms with van der Waals surface area (Å²) in [7, 11) is 0. The molecule has 3 rings (SSSR count). The second-order valence-electron chi connectivity index (χ2n) is 5.06. The number of nitrogens with zero attached hydrogens (tertiary/aromatic N) is 2. The molecule has 1 saturated heterocycles. The van der Waals surface area contributed by atoms with E-state index in [1.54, 1.807) is 29.7 Å². The van der Waals surface area contributed by atoms with Crippen LogP contribution in [0.25, 0.3) is 0 Å². The molecule has 0 unspecified atom stereocenters. The highest BCUT2D eigenvalue weighted by atomic mass is 35.5. The second kappa shape index (κ2) is 6.85. The van der Waals surface area contributed by atoms with Gasteiger partial charge in [0.1, 0.15) is 11.1 Å². The lowest BCUT2D eigenvalue weighted by Crippen LogP contribution is -2.40. The summed E-state index contributed by atoms with van der Waals surface area (Å²) < 4.78 is 5.76. The van der Waals surface area contributed by atoms with Gasteiger partial charge in [-0.25, -0.2) is 4.98 Å². The molecule has 0 amide bonds. The van der Waals surface area contributed by atoms with Crippen LogP contribution in [0.5, 0.6) is 0 Å². The molecule has 2 heterocycles. The number of β-amino-alcohol motifs (C(OH)–C–C–N with tert-alkyl or cyclic N) is 1. The summed E-state index contributed by atoms with van der Waals surface area (Å²) in [5, 5.41) is 14.0. The van der Waals surface area contributed by atoms with Gasteiger partial charge >= 0.3 is 0 Å². The molecule has 0 radical (unpaired) electrons. The van der Waals surface area contributed by atoms with Gasteiger partial charge in [-0.15, -0.1) is 11.3 Å². The third-order valence-electron chi connectivity index (χ3n) is 3.56. The first kappa shape index (κ1) is 14.9. The first-order valence-corrected chi connectivity index (χ1v) is 8.15. The molecule has 1 aliphatic rings. The summed E-state index contributed by atoms with van der Waals surface area (Å²) >= 11 is 7.48. The van der Waals surface area contributed by atoms with E-state index in [1.165, 1.54) is 0 Å². The Bertz CT molecular complexity index is 562. The van der Waals surface area contributed by atoms with E-state index in [4.69, 9.17) is 16.3 Å². The number of halogens is 1.